The Kier molecular flexibility index (Phi) is 3.23. The number of hydrogen-bond donors (Lipinski definition) is 1. The molecule has 0 saturated carbocycles. The van der Waals surface area contributed by atoms with Gasteiger partial charge in [0.1, 0.15) is 5.82 Å². The first-order chi connectivity index (χ1) is 5.68. The topological polar surface area (TPSA) is 20.2 Å². The minimum absolute atomic E-state index is 0.212. The van der Waals surface area contributed by atoms with Gasteiger partial charge in [0.05, 0.1) is 6.10 Å². The number of hydrogen-bond acceptors (Lipinski definition) is 1. The molecule has 0 unspecified atom stereocenters. The van der Waals surface area contributed by atoms with Crippen molar-refractivity contribution >= 4 is 0 Å². The second-order valence-electron chi connectivity index (χ2n) is 3.01. The summed E-state index contributed by atoms with van der Waals surface area (Å²) in [4.78, 5) is 0. The maximum Gasteiger partial charge on any atom is 0.123 e. The van der Waals surface area contributed by atoms with E-state index in [1.54, 1.807) is 19.1 Å². The molecule has 0 spiro atoms. The Balaban J connectivity index is 2.48. The molecule has 0 fully saturated rings. The maximum absolute atomic E-state index is 12.4. The molecular weight excluding hydrogens is 155 g/mol. The van der Waals surface area contributed by atoms with Crippen molar-refractivity contribution in [2.45, 2.75) is 25.9 Å². The first kappa shape index (κ1) is 9.20. The van der Waals surface area contributed by atoms with Crippen LogP contribution < -0.4 is 0 Å². The average molecular weight is 168 g/mol. The molecule has 2 heteroatoms. The van der Waals surface area contributed by atoms with Crippen molar-refractivity contribution in [2.75, 3.05) is 0 Å². The Hall–Kier alpha value is -0.890. The molecule has 0 amide bonds. The lowest BCUT2D eigenvalue weighted by Crippen LogP contribution is -2.01. The van der Waals surface area contributed by atoms with Crippen LogP contribution in [0.2, 0.25) is 0 Å². The smallest absolute Gasteiger partial charge is 0.123 e. The van der Waals surface area contributed by atoms with Gasteiger partial charge in [-0.25, -0.2) is 4.39 Å². The van der Waals surface area contributed by atoms with Gasteiger partial charge in [-0.1, -0.05) is 12.1 Å². The van der Waals surface area contributed by atoms with E-state index in [9.17, 15) is 4.39 Å². The predicted molar refractivity (Wildman–Crippen MR) is 46.4 cm³/mol. The van der Waals surface area contributed by atoms with Crippen LogP contribution in [0.4, 0.5) is 4.39 Å². The summed E-state index contributed by atoms with van der Waals surface area (Å²) in [6.07, 6.45) is 1.25. The van der Waals surface area contributed by atoms with Crippen LogP contribution in [-0.2, 0) is 6.42 Å². The summed E-state index contributed by atoms with van der Waals surface area (Å²) in [5, 5.41) is 8.99. The standard InChI is InChI=1S/C10H13FO/c1-8(12)2-3-9-4-6-10(11)7-5-9/h4-8,12H,2-3H2,1H3/t8-/m0/s1. The average Bonchev–Trinajstić information content (AvgIpc) is 2.03. The van der Waals surface area contributed by atoms with Crippen LogP contribution in [0.3, 0.4) is 0 Å². The third kappa shape index (κ3) is 3.01. The highest BCUT2D eigenvalue weighted by Gasteiger charge is 1.97. The number of rotatable bonds is 3. The molecule has 0 saturated heterocycles. The van der Waals surface area contributed by atoms with Crippen LogP contribution in [0.15, 0.2) is 24.3 Å². The Morgan fingerprint density at radius 1 is 1.33 bits per heavy atom. The summed E-state index contributed by atoms with van der Waals surface area (Å²) in [7, 11) is 0. The van der Waals surface area contributed by atoms with Crippen molar-refractivity contribution in [3.05, 3.63) is 35.6 Å². The van der Waals surface area contributed by atoms with Crippen molar-refractivity contribution in [3.8, 4) is 0 Å². The summed E-state index contributed by atoms with van der Waals surface area (Å²) in [6, 6.07) is 6.38. The first-order valence-corrected chi connectivity index (χ1v) is 4.11. The van der Waals surface area contributed by atoms with Gasteiger partial charge in [0.15, 0.2) is 0 Å². The minimum Gasteiger partial charge on any atom is -0.393 e. The van der Waals surface area contributed by atoms with Crippen molar-refractivity contribution in [2.24, 2.45) is 0 Å². The Labute approximate surface area is 71.9 Å². The molecule has 12 heavy (non-hydrogen) atoms. The zero-order chi connectivity index (χ0) is 8.97. The van der Waals surface area contributed by atoms with Crippen molar-refractivity contribution < 1.29 is 9.50 Å². The predicted octanol–water partition coefficient (Wildman–Crippen LogP) is 2.14. The fourth-order valence-electron chi connectivity index (χ4n) is 1.03. The van der Waals surface area contributed by atoms with Gasteiger partial charge < -0.3 is 5.11 Å². The third-order valence-electron chi connectivity index (χ3n) is 1.76. The van der Waals surface area contributed by atoms with Gasteiger partial charge in [0, 0.05) is 0 Å². The van der Waals surface area contributed by atoms with Crippen molar-refractivity contribution in [3.63, 3.8) is 0 Å². The van der Waals surface area contributed by atoms with E-state index < -0.39 is 0 Å². The monoisotopic (exact) mass is 168 g/mol. The second kappa shape index (κ2) is 4.21. The fraction of sp³-hybridized carbons (Fsp3) is 0.400. The van der Waals surface area contributed by atoms with E-state index in [1.807, 2.05) is 0 Å². The lowest BCUT2D eigenvalue weighted by atomic mass is 10.1. The SMILES string of the molecule is C[C@H](O)CCc1ccc(F)cc1. The van der Waals surface area contributed by atoms with E-state index in [0.717, 1.165) is 18.4 Å². The second-order valence-corrected chi connectivity index (χ2v) is 3.01. The van der Waals surface area contributed by atoms with Crippen LogP contribution >= 0.6 is 0 Å². The summed E-state index contributed by atoms with van der Waals surface area (Å²) < 4.78 is 12.4. The highest BCUT2D eigenvalue weighted by Crippen LogP contribution is 2.06. The minimum atomic E-state index is -0.282. The Bertz CT molecular complexity index is 228. The largest absolute Gasteiger partial charge is 0.393 e. The Morgan fingerprint density at radius 2 is 1.92 bits per heavy atom. The van der Waals surface area contributed by atoms with Crippen LogP contribution in [-0.4, -0.2) is 11.2 Å². The lowest BCUT2D eigenvalue weighted by molar-refractivity contribution is 0.185. The normalized spacial score (nSPS) is 12.9. The van der Waals surface area contributed by atoms with Crippen LogP contribution in [0.5, 0.6) is 0 Å². The molecule has 1 N–H and O–H groups in total. The molecule has 0 aliphatic carbocycles. The summed E-state index contributed by atoms with van der Waals surface area (Å²) in [5.74, 6) is -0.212. The van der Waals surface area contributed by atoms with Gasteiger partial charge >= 0.3 is 0 Å². The maximum atomic E-state index is 12.4. The zero-order valence-corrected chi connectivity index (χ0v) is 7.13. The molecule has 1 nitrogen and oxygen atoms in total. The summed E-state index contributed by atoms with van der Waals surface area (Å²) in [5.41, 5.74) is 1.07. The molecule has 0 aliphatic rings. The summed E-state index contributed by atoms with van der Waals surface area (Å²) >= 11 is 0. The van der Waals surface area contributed by atoms with Gasteiger partial charge in [-0.05, 0) is 37.5 Å². The number of aryl methyl sites for hydroxylation is 1. The Morgan fingerprint density at radius 3 is 2.42 bits per heavy atom. The zero-order valence-electron chi connectivity index (χ0n) is 7.13. The lowest BCUT2D eigenvalue weighted by Gasteiger charge is -2.03. The molecule has 0 aliphatic heterocycles. The molecule has 1 aromatic rings. The van der Waals surface area contributed by atoms with E-state index in [-0.39, 0.29) is 11.9 Å². The third-order valence-corrected chi connectivity index (χ3v) is 1.76. The van der Waals surface area contributed by atoms with E-state index in [2.05, 4.69) is 0 Å². The molecule has 1 rings (SSSR count). The van der Waals surface area contributed by atoms with Gasteiger partial charge in [0.2, 0.25) is 0 Å². The number of halogens is 1. The van der Waals surface area contributed by atoms with Crippen LogP contribution in [0, 0.1) is 5.82 Å². The van der Waals surface area contributed by atoms with Gasteiger partial charge in [0.25, 0.3) is 0 Å². The number of aliphatic hydroxyl groups excluding tert-OH is 1. The van der Waals surface area contributed by atoms with Crippen molar-refractivity contribution in [1.29, 1.82) is 0 Å². The van der Waals surface area contributed by atoms with Gasteiger partial charge in [-0.3, -0.25) is 0 Å². The van der Waals surface area contributed by atoms with E-state index in [1.165, 1.54) is 12.1 Å². The summed E-state index contributed by atoms with van der Waals surface area (Å²) in [6.45, 7) is 1.75. The first-order valence-electron chi connectivity index (χ1n) is 4.11. The molecule has 66 valence electrons. The molecule has 1 aromatic carbocycles. The highest BCUT2D eigenvalue weighted by molar-refractivity contribution is 5.16. The van der Waals surface area contributed by atoms with Gasteiger partial charge in [-0.15, -0.1) is 0 Å². The van der Waals surface area contributed by atoms with Gasteiger partial charge in [-0.2, -0.15) is 0 Å². The molecule has 1 atom stereocenters. The quantitative estimate of drug-likeness (QED) is 0.733. The number of aliphatic hydroxyl groups is 1. The highest BCUT2D eigenvalue weighted by atomic mass is 19.1. The molecular formula is C10H13FO. The fourth-order valence-corrected chi connectivity index (χ4v) is 1.03. The van der Waals surface area contributed by atoms with E-state index >= 15 is 0 Å². The molecule has 0 radical (unpaired) electrons. The molecule has 0 bridgehead atoms. The molecule has 0 heterocycles. The molecule has 0 aromatic heterocycles. The number of benzene rings is 1. The van der Waals surface area contributed by atoms with Crippen LogP contribution in [0.25, 0.3) is 0 Å². The van der Waals surface area contributed by atoms with E-state index in [4.69, 9.17) is 5.11 Å². The van der Waals surface area contributed by atoms with Crippen molar-refractivity contribution in [1.82, 2.24) is 0 Å². The van der Waals surface area contributed by atoms with Crippen LogP contribution in [0.1, 0.15) is 18.9 Å². The van der Waals surface area contributed by atoms with E-state index in [0.29, 0.717) is 0 Å².